The molecule has 2 aromatic carbocycles. The Kier molecular flexibility index (Phi) is 5.75. The SMILES string of the molecule is COc1ccc(Cl)cc1S(=O)(=O)NCCCN1c2ccccc2CC1C. The highest BCUT2D eigenvalue weighted by Gasteiger charge is 2.25. The first-order valence-electron chi connectivity index (χ1n) is 8.60. The molecular formula is C19H23ClN2O3S. The van der Waals surface area contributed by atoms with Crippen LogP contribution in [-0.2, 0) is 16.4 Å². The highest BCUT2D eigenvalue weighted by molar-refractivity contribution is 7.89. The third kappa shape index (κ3) is 3.98. The number of nitrogens with zero attached hydrogens (tertiary/aromatic N) is 1. The number of sulfonamides is 1. The summed E-state index contributed by atoms with van der Waals surface area (Å²) in [6.07, 6.45) is 1.74. The lowest BCUT2D eigenvalue weighted by Crippen LogP contribution is -2.33. The molecule has 1 unspecified atom stereocenters. The Balaban J connectivity index is 1.61. The Morgan fingerprint density at radius 1 is 1.27 bits per heavy atom. The third-order valence-electron chi connectivity index (χ3n) is 4.63. The number of para-hydroxylation sites is 1. The summed E-state index contributed by atoms with van der Waals surface area (Å²) in [5, 5.41) is 0.355. The molecule has 140 valence electrons. The van der Waals surface area contributed by atoms with Crippen LogP contribution in [0, 0.1) is 0 Å². The second-order valence-corrected chi connectivity index (χ2v) is 8.59. The Morgan fingerprint density at radius 2 is 2.04 bits per heavy atom. The fourth-order valence-corrected chi connectivity index (χ4v) is 4.87. The zero-order valence-electron chi connectivity index (χ0n) is 14.9. The number of hydrogen-bond donors (Lipinski definition) is 1. The molecule has 0 aromatic heterocycles. The van der Waals surface area contributed by atoms with Gasteiger partial charge in [-0.1, -0.05) is 29.8 Å². The van der Waals surface area contributed by atoms with Crippen molar-refractivity contribution in [3.05, 3.63) is 53.1 Å². The maximum absolute atomic E-state index is 12.6. The molecule has 7 heteroatoms. The lowest BCUT2D eigenvalue weighted by atomic mass is 10.1. The minimum Gasteiger partial charge on any atom is -0.495 e. The maximum Gasteiger partial charge on any atom is 0.244 e. The molecule has 0 amide bonds. The van der Waals surface area contributed by atoms with Gasteiger partial charge in [0, 0.05) is 29.8 Å². The van der Waals surface area contributed by atoms with Crippen LogP contribution >= 0.6 is 11.6 Å². The minimum absolute atomic E-state index is 0.0624. The van der Waals surface area contributed by atoms with Gasteiger partial charge < -0.3 is 9.64 Å². The van der Waals surface area contributed by atoms with Gasteiger partial charge in [-0.3, -0.25) is 0 Å². The number of hydrogen-bond acceptors (Lipinski definition) is 4. The zero-order valence-corrected chi connectivity index (χ0v) is 16.5. The fourth-order valence-electron chi connectivity index (χ4n) is 3.36. The van der Waals surface area contributed by atoms with Crippen LogP contribution in [0.5, 0.6) is 5.75 Å². The van der Waals surface area contributed by atoms with Gasteiger partial charge in [-0.05, 0) is 49.6 Å². The molecule has 1 heterocycles. The smallest absolute Gasteiger partial charge is 0.244 e. The van der Waals surface area contributed by atoms with E-state index in [9.17, 15) is 8.42 Å². The van der Waals surface area contributed by atoms with Gasteiger partial charge in [-0.15, -0.1) is 0 Å². The van der Waals surface area contributed by atoms with Crippen LogP contribution in [0.3, 0.4) is 0 Å². The highest BCUT2D eigenvalue weighted by atomic mass is 35.5. The van der Waals surface area contributed by atoms with Crippen molar-refractivity contribution in [1.29, 1.82) is 0 Å². The van der Waals surface area contributed by atoms with Crippen molar-refractivity contribution in [2.75, 3.05) is 25.1 Å². The summed E-state index contributed by atoms with van der Waals surface area (Å²) in [5.41, 5.74) is 2.60. The van der Waals surface area contributed by atoms with Gasteiger partial charge in [0.05, 0.1) is 7.11 Å². The van der Waals surface area contributed by atoms with Gasteiger partial charge in [0.25, 0.3) is 0 Å². The summed E-state index contributed by atoms with van der Waals surface area (Å²) >= 11 is 5.94. The number of methoxy groups -OCH3 is 1. The van der Waals surface area contributed by atoms with E-state index in [4.69, 9.17) is 16.3 Å². The van der Waals surface area contributed by atoms with E-state index in [-0.39, 0.29) is 10.6 Å². The topological polar surface area (TPSA) is 58.6 Å². The first kappa shape index (κ1) is 19.0. The molecule has 0 aliphatic carbocycles. The van der Waals surface area contributed by atoms with Crippen LogP contribution in [0.1, 0.15) is 18.9 Å². The van der Waals surface area contributed by atoms with Gasteiger partial charge in [-0.25, -0.2) is 13.1 Å². The van der Waals surface area contributed by atoms with E-state index >= 15 is 0 Å². The minimum atomic E-state index is -3.67. The van der Waals surface area contributed by atoms with Crippen LogP contribution in [0.25, 0.3) is 0 Å². The van der Waals surface area contributed by atoms with Gasteiger partial charge in [0.15, 0.2) is 0 Å². The average Bonchev–Trinajstić information content (AvgIpc) is 2.94. The summed E-state index contributed by atoms with van der Waals surface area (Å²) in [6.45, 7) is 3.35. The van der Waals surface area contributed by atoms with Crippen molar-refractivity contribution in [3.8, 4) is 5.75 Å². The molecule has 2 aromatic rings. The van der Waals surface area contributed by atoms with Crippen LogP contribution in [-0.4, -0.2) is 34.7 Å². The van der Waals surface area contributed by atoms with E-state index in [2.05, 4.69) is 34.7 Å². The average molecular weight is 395 g/mol. The first-order chi connectivity index (χ1) is 12.4. The standard InChI is InChI=1S/C19H23ClN2O3S/c1-14-12-15-6-3-4-7-17(15)22(14)11-5-10-21-26(23,24)19-13-16(20)8-9-18(19)25-2/h3-4,6-9,13-14,21H,5,10-12H2,1-2H3. The Hall–Kier alpha value is -1.76. The monoisotopic (exact) mass is 394 g/mol. The summed E-state index contributed by atoms with van der Waals surface area (Å²) in [4.78, 5) is 2.40. The second-order valence-electron chi connectivity index (χ2n) is 6.42. The molecule has 1 aliphatic heterocycles. The Morgan fingerprint density at radius 3 is 2.81 bits per heavy atom. The summed E-state index contributed by atoms with van der Waals surface area (Å²) in [5.74, 6) is 0.281. The van der Waals surface area contributed by atoms with Gasteiger partial charge in [0.1, 0.15) is 10.6 Å². The number of anilines is 1. The lowest BCUT2D eigenvalue weighted by Gasteiger charge is -2.25. The summed E-state index contributed by atoms with van der Waals surface area (Å²) in [6, 6.07) is 13.4. The van der Waals surface area contributed by atoms with Crippen molar-refractivity contribution in [2.24, 2.45) is 0 Å². The number of nitrogens with one attached hydrogen (secondary N) is 1. The fraction of sp³-hybridized carbons (Fsp3) is 0.368. The van der Waals surface area contributed by atoms with Gasteiger partial charge in [-0.2, -0.15) is 0 Å². The number of halogens is 1. The quantitative estimate of drug-likeness (QED) is 0.730. The molecular weight excluding hydrogens is 372 g/mol. The lowest BCUT2D eigenvalue weighted by molar-refractivity contribution is 0.402. The molecule has 0 radical (unpaired) electrons. The molecule has 26 heavy (non-hydrogen) atoms. The van der Waals surface area contributed by atoms with Crippen LogP contribution in [0.2, 0.25) is 5.02 Å². The van der Waals surface area contributed by atoms with Crippen LogP contribution < -0.4 is 14.4 Å². The predicted octanol–water partition coefficient (Wildman–Crippen LogP) is 3.47. The molecule has 3 rings (SSSR count). The zero-order chi connectivity index (χ0) is 18.7. The number of fused-ring (bicyclic) bond motifs is 1. The predicted molar refractivity (Wildman–Crippen MR) is 105 cm³/mol. The Bertz CT molecular complexity index is 886. The number of rotatable bonds is 7. The van der Waals surface area contributed by atoms with E-state index in [0.29, 0.717) is 24.0 Å². The van der Waals surface area contributed by atoms with Crippen LogP contribution in [0.4, 0.5) is 5.69 Å². The van der Waals surface area contributed by atoms with E-state index in [1.54, 1.807) is 12.1 Å². The second kappa shape index (κ2) is 7.86. The number of benzene rings is 2. The molecule has 1 N–H and O–H groups in total. The first-order valence-corrected chi connectivity index (χ1v) is 10.5. The van der Waals surface area contributed by atoms with Crippen molar-refractivity contribution < 1.29 is 13.2 Å². The van der Waals surface area contributed by atoms with E-state index in [1.807, 2.05) is 6.07 Å². The van der Waals surface area contributed by atoms with E-state index in [1.165, 1.54) is 24.4 Å². The van der Waals surface area contributed by atoms with Crippen molar-refractivity contribution in [3.63, 3.8) is 0 Å². The molecule has 0 fully saturated rings. The van der Waals surface area contributed by atoms with Crippen molar-refractivity contribution in [1.82, 2.24) is 4.72 Å². The molecule has 0 saturated heterocycles. The summed E-state index contributed by atoms with van der Waals surface area (Å²) < 4.78 is 32.9. The normalized spacial score (nSPS) is 16.6. The molecule has 0 saturated carbocycles. The van der Waals surface area contributed by atoms with E-state index < -0.39 is 10.0 Å². The summed E-state index contributed by atoms with van der Waals surface area (Å²) in [7, 11) is -2.23. The van der Waals surface area contributed by atoms with Gasteiger partial charge in [0.2, 0.25) is 10.0 Å². The maximum atomic E-state index is 12.6. The molecule has 0 bridgehead atoms. The van der Waals surface area contributed by atoms with Crippen LogP contribution in [0.15, 0.2) is 47.4 Å². The molecule has 1 aliphatic rings. The largest absolute Gasteiger partial charge is 0.495 e. The van der Waals surface area contributed by atoms with Crippen molar-refractivity contribution >= 4 is 27.3 Å². The highest BCUT2D eigenvalue weighted by Crippen LogP contribution is 2.31. The molecule has 5 nitrogen and oxygen atoms in total. The molecule has 0 spiro atoms. The van der Waals surface area contributed by atoms with Gasteiger partial charge >= 0.3 is 0 Å². The molecule has 1 atom stereocenters. The van der Waals surface area contributed by atoms with Crippen molar-refractivity contribution in [2.45, 2.75) is 30.7 Å². The number of ether oxygens (including phenoxy) is 1. The van der Waals surface area contributed by atoms with E-state index in [0.717, 1.165) is 13.0 Å². The Labute approximate surface area is 160 Å². The third-order valence-corrected chi connectivity index (χ3v) is 6.35.